The quantitative estimate of drug-likeness (QED) is 0.468. The van der Waals surface area contributed by atoms with Gasteiger partial charge in [0.25, 0.3) is 0 Å². The molecule has 0 fully saturated rings. The summed E-state index contributed by atoms with van der Waals surface area (Å²) in [5, 5.41) is 0. The van der Waals surface area contributed by atoms with Crippen LogP contribution in [-0.2, 0) is 0 Å². The number of hydrogen-bond acceptors (Lipinski definition) is 0. The van der Waals surface area contributed by atoms with E-state index in [4.69, 9.17) is 0 Å². The lowest BCUT2D eigenvalue weighted by atomic mass is 10.1. The van der Waals surface area contributed by atoms with Crippen molar-refractivity contribution < 1.29 is 0 Å². The lowest BCUT2D eigenvalue weighted by Gasteiger charge is -1.92. The number of allylic oxidation sites excluding steroid dienone is 1. The fraction of sp³-hybridized carbons (Fsp3) is 0.714. The average molecular weight is 100 g/mol. The second-order valence-electron chi connectivity index (χ2n) is 1.92. The van der Waals surface area contributed by atoms with E-state index in [0.717, 1.165) is 12.3 Å². The van der Waals surface area contributed by atoms with Crippen molar-refractivity contribution in [3.05, 3.63) is 12.7 Å². The van der Waals surface area contributed by atoms with Crippen molar-refractivity contribution in [2.45, 2.75) is 27.7 Å². The molecule has 0 heterocycles. The van der Waals surface area contributed by atoms with E-state index in [1.807, 2.05) is 6.08 Å². The van der Waals surface area contributed by atoms with E-state index in [0.29, 0.717) is 0 Å². The highest BCUT2D eigenvalue weighted by molar-refractivity contribution is 4.67. The minimum Gasteiger partial charge on any atom is -0.103 e. The summed E-state index contributed by atoms with van der Waals surface area (Å²) >= 11 is 0. The van der Waals surface area contributed by atoms with Crippen LogP contribution in [0.4, 0.5) is 0 Å². The van der Waals surface area contributed by atoms with Gasteiger partial charge in [-0.15, -0.1) is 6.58 Å². The van der Waals surface area contributed by atoms with E-state index in [1.165, 1.54) is 0 Å². The zero-order chi connectivity index (χ0) is 4.99. The Morgan fingerprint density at radius 1 is 1.57 bits per heavy atom. The highest BCUT2D eigenvalue weighted by Crippen LogP contribution is 1.96. The van der Waals surface area contributed by atoms with Crippen LogP contribution in [0.1, 0.15) is 27.7 Å². The lowest BCUT2D eigenvalue weighted by Crippen LogP contribution is -1.78. The summed E-state index contributed by atoms with van der Waals surface area (Å²) in [4.78, 5) is 0. The van der Waals surface area contributed by atoms with Crippen LogP contribution >= 0.6 is 0 Å². The molecule has 0 aromatic rings. The fourth-order valence-electron chi connectivity index (χ4n) is 0.333. The maximum Gasteiger partial charge on any atom is -0.0330 e. The molecular formula is C7H16. The largest absolute Gasteiger partial charge is 0.103 e. The molecule has 0 unspecified atom stereocenters. The Labute approximate surface area is 47.2 Å². The van der Waals surface area contributed by atoms with Crippen LogP contribution in [0.25, 0.3) is 0 Å². The Bertz CT molecular complexity index is 35.3. The monoisotopic (exact) mass is 100 g/mol. The predicted molar refractivity (Wildman–Crippen MR) is 36.4 cm³/mol. The third-order valence-electron chi connectivity index (χ3n) is 0.638. The summed E-state index contributed by atoms with van der Waals surface area (Å²) in [5.74, 6) is 0.780. The van der Waals surface area contributed by atoms with Gasteiger partial charge in [-0.2, -0.15) is 0 Å². The third kappa shape index (κ3) is 10.7. The number of rotatable bonds is 2. The molecule has 0 saturated carbocycles. The van der Waals surface area contributed by atoms with Crippen molar-refractivity contribution in [1.82, 2.24) is 0 Å². The lowest BCUT2D eigenvalue weighted by molar-refractivity contribution is 0.664. The van der Waals surface area contributed by atoms with Crippen molar-refractivity contribution in [1.29, 1.82) is 0 Å². The van der Waals surface area contributed by atoms with E-state index in [-0.39, 0.29) is 7.43 Å². The van der Waals surface area contributed by atoms with E-state index < -0.39 is 0 Å². The molecule has 0 heteroatoms. The maximum atomic E-state index is 3.60. The molecule has 0 nitrogen and oxygen atoms in total. The topological polar surface area (TPSA) is 0 Å². The third-order valence-corrected chi connectivity index (χ3v) is 0.638. The van der Waals surface area contributed by atoms with Crippen molar-refractivity contribution in [2.75, 3.05) is 0 Å². The van der Waals surface area contributed by atoms with Crippen molar-refractivity contribution in [2.24, 2.45) is 5.92 Å². The van der Waals surface area contributed by atoms with Gasteiger partial charge in [0.1, 0.15) is 0 Å². The van der Waals surface area contributed by atoms with Crippen molar-refractivity contribution >= 4 is 0 Å². The van der Waals surface area contributed by atoms with Crippen LogP contribution in [0.3, 0.4) is 0 Å². The van der Waals surface area contributed by atoms with E-state index in [2.05, 4.69) is 20.4 Å². The van der Waals surface area contributed by atoms with Crippen LogP contribution in [0.15, 0.2) is 12.7 Å². The first-order valence-corrected chi connectivity index (χ1v) is 2.38. The predicted octanol–water partition coefficient (Wildman–Crippen LogP) is 2.85. The normalized spacial score (nSPS) is 7.86. The van der Waals surface area contributed by atoms with Gasteiger partial charge < -0.3 is 0 Å². The van der Waals surface area contributed by atoms with Gasteiger partial charge >= 0.3 is 0 Å². The number of hydrogen-bond donors (Lipinski definition) is 0. The molecule has 0 bridgehead atoms. The van der Waals surface area contributed by atoms with Crippen LogP contribution < -0.4 is 0 Å². The van der Waals surface area contributed by atoms with E-state index in [1.54, 1.807) is 0 Å². The van der Waals surface area contributed by atoms with Gasteiger partial charge in [0.15, 0.2) is 0 Å². The van der Waals surface area contributed by atoms with Crippen molar-refractivity contribution in [3.63, 3.8) is 0 Å². The molecule has 0 aliphatic heterocycles. The van der Waals surface area contributed by atoms with Crippen LogP contribution in [0.5, 0.6) is 0 Å². The van der Waals surface area contributed by atoms with Gasteiger partial charge in [-0.1, -0.05) is 27.4 Å². The molecule has 0 N–H and O–H groups in total. The Morgan fingerprint density at radius 2 is 2.00 bits per heavy atom. The maximum absolute atomic E-state index is 3.60. The molecular weight excluding hydrogens is 84.1 g/mol. The van der Waals surface area contributed by atoms with E-state index >= 15 is 0 Å². The second kappa shape index (κ2) is 5.74. The van der Waals surface area contributed by atoms with Gasteiger partial charge in [0.2, 0.25) is 0 Å². The molecule has 0 saturated heterocycles. The summed E-state index contributed by atoms with van der Waals surface area (Å²) in [6, 6.07) is 0. The fourth-order valence-corrected chi connectivity index (χ4v) is 0.333. The molecule has 7 heavy (non-hydrogen) atoms. The zero-order valence-corrected chi connectivity index (χ0v) is 4.57. The molecule has 0 aromatic carbocycles. The molecule has 0 aliphatic carbocycles. The molecule has 0 amide bonds. The average Bonchev–Trinajstić information content (AvgIpc) is 1.35. The molecule has 0 aromatic heterocycles. The molecule has 0 radical (unpaired) electrons. The highest BCUT2D eigenvalue weighted by Gasteiger charge is 1.82. The molecule has 0 atom stereocenters. The first-order valence-electron chi connectivity index (χ1n) is 2.38. The van der Waals surface area contributed by atoms with Gasteiger partial charge in [-0.05, 0) is 12.3 Å². The summed E-state index contributed by atoms with van der Waals surface area (Å²) in [6.45, 7) is 7.97. The zero-order valence-electron chi connectivity index (χ0n) is 4.57. The molecule has 44 valence electrons. The highest BCUT2D eigenvalue weighted by atomic mass is 13.9. The first-order chi connectivity index (χ1) is 2.77. The molecule has 0 aliphatic rings. The minimum atomic E-state index is 0. The Morgan fingerprint density at radius 3 is 2.00 bits per heavy atom. The standard InChI is InChI=1S/C6H12.CH4/c1-4-5-6(2)3;/h4,6H,1,5H2,2-3H3;1H4. The minimum absolute atomic E-state index is 0. The van der Waals surface area contributed by atoms with Crippen LogP contribution in [0, 0.1) is 5.92 Å². The Balaban J connectivity index is 0. The van der Waals surface area contributed by atoms with Gasteiger partial charge in [-0.25, -0.2) is 0 Å². The summed E-state index contributed by atoms with van der Waals surface area (Å²) in [7, 11) is 0. The molecule has 0 rings (SSSR count). The second-order valence-corrected chi connectivity index (χ2v) is 1.92. The summed E-state index contributed by atoms with van der Waals surface area (Å²) in [6.07, 6.45) is 3.09. The van der Waals surface area contributed by atoms with Gasteiger partial charge in [0, 0.05) is 0 Å². The SMILES string of the molecule is C.C=CCC(C)C. The summed E-state index contributed by atoms with van der Waals surface area (Å²) in [5.41, 5.74) is 0. The van der Waals surface area contributed by atoms with Gasteiger partial charge in [-0.3, -0.25) is 0 Å². The summed E-state index contributed by atoms with van der Waals surface area (Å²) < 4.78 is 0. The van der Waals surface area contributed by atoms with E-state index in [9.17, 15) is 0 Å². The van der Waals surface area contributed by atoms with Crippen molar-refractivity contribution in [3.8, 4) is 0 Å². The Hall–Kier alpha value is -0.260. The molecule has 0 spiro atoms. The first kappa shape index (κ1) is 9.88. The Kier molecular flexibility index (Phi) is 8.10. The van der Waals surface area contributed by atoms with Gasteiger partial charge in [0.05, 0.1) is 0 Å². The van der Waals surface area contributed by atoms with Crippen LogP contribution in [-0.4, -0.2) is 0 Å². The smallest absolute Gasteiger partial charge is 0.0330 e. The van der Waals surface area contributed by atoms with Crippen LogP contribution in [0.2, 0.25) is 0 Å².